The SMILES string of the molecule is CS(=O)(=O)NC1CCCN2C(=O)CCOc3ccccc3-c3cccc(c3)CC12. The van der Waals surface area contributed by atoms with Crippen molar-refractivity contribution in [3.63, 3.8) is 0 Å². The summed E-state index contributed by atoms with van der Waals surface area (Å²) in [5, 5.41) is 0. The van der Waals surface area contributed by atoms with Crippen LogP contribution in [0.15, 0.2) is 48.5 Å². The van der Waals surface area contributed by atoms with E-state index in [0.29, 0.717) is 19.6 Å². The first-order chi connectivity index (χ1) is 13.9. The third-order valence-corrected chi connectivity index (χ3v) is 6.34. The molecule has 2 aromatic carbocycles. The first kappa shape index (κ1) is 19.9. The lowest BCUT2D eigenvalue weighted by molar-refractivity contribution is -0.136. The van der Waals surface area contributed by atoms with E-state index in [1.807, 2.05) is 47.4 Å². The Labute approximate surface area is 171 Å². The minimum absolute atomic E-state index is 0.00390. The molecule has 2 atom stereocenters. The highest BCUT2D eigenvalue weighted by Gasteiger charge is 2.35. The van der Waals surface area contributed by atoms with Gasteiger partial charge in [0.2, 0.25) is 15.9 Å². The molecule has 0 spiro atoms. The number of carbonyl (C=O) groups excluding carboxylic acids is 1. The fraction of sp³-hybridized carbons (Fsp3) is 0.409. The van der Waals surface area contributed by atoms with Crippen molar-refractivity contribution in [1.29, 1.82) is 0 Å². The summed E-state index contributed by atoms with van der Waals surface area (Å²) in [6, 6.07) is 15.5. The number of para-hydroxylation sites is 1. The lowest BCUT2D eigenvalue weighted by Crippen LogP contribution is -2.57. The van der Waals surface area contributed by atoms with Crippen LogP contribution in [0.1, 0.15) is 24.8 Å². The quantitative estimate of drug-likeness (QED) is 0.820. The van der Waals surface area contributed by atoms with Gasteiger partial charge in [0, 0.05) is 18.2 Å². The number of carbonyl (C=O) groups is 1. The van der Waals surface area contributed by atoms with E-state index < -0.39 is 10.0 Å². The number of benzene rings is 2. The number of sulfonamides is 1. The molecule has 0 aromatic heterocycles. The van der Waals surface area contributed by atoms with E-state index in [-0.39, 0.29) is 24.4 Å². The van der Waals surface area contributed by atoms with Gasteiger partial charge in [0.25, 0.3) is 0 Å². The summed E-state index contributed by atoms with van der Waals surface area (Å²) in [4.78, 5) is 14.8. The van der Waals surface area contributed by atoms with E-state index in [2.05, 4.69) is 10.8 Å². The Hall–Kier alpha value is -2.38. The van der Waals surface area contributed by atoms with Crippen LogP contribution in [0.2, 0.25) is 0 Å². The number of piperidine rings is 1. The Morgan fingerprint density at radius 2 is 1.97 bits per heavy atom. The third kappa shape index (κ3) is 4.62. The molecule has 2 heterocycles. The topological polar surface area (TPSA) is 75.7 Å². The summed E-state index contributed by atoms with van der Waals surface area (Å²) in [6.07, 6.45) is 3.55. The van der Waals surface area contributed by atoms with Crippen LogP contribution in [0.4, 0.5) is 0 Å². The maximum absolute atomic E-state index is 13.0. The normalized spacial score (nSPS) is 22.5. The summed E-state index contributed by atoms with van der Waals surface area (Å²) in [5.41, 5.74) is 3.12. The number of nitrogens with zero attached hydrogens (tertiary/aromatic N) is 1. The van der Waals surface area contributed by atoms with Gasteiger partial charge in [-0.3, -0.25) is 4.79 Å². The van der Waals surface area contributed by atoms with E-state index in [4.69, 9.17) is 4.74 Å². The van der Waals surface area contributed by atoms with Crippen LogP contribution in [0.25, 0.3) is 11.1 Å². The molecule has 2 aliphatic rings. The minimum Gasteiger partial charge on any atom is -0.492 e. The van der Waals surface area contributed by atoms with Crippen LogP contribution in [0.5, 0.6) is 5.75 Å². The lowest BCUT2D eigenvalue weighted by Gasteiger charge is -2.41. The molecule has 2 unspecified atom stereocenters. The van der Waals surface area contributed by atoms with Crippen LogP contribution < -0.4 is 9.46 Å². The van der Waals surface area contributed by atoms with Gasteiger partial charge >= 0.3 is 0 Å². The van der Waals surface area contributed by atoms with Crippen molar-refractivity contribution in [2.45, 2.75) is 37.8 Å². The summed E-state index contributed by atoms with van der Waals surface area (Å²) in [7, 11) is -3.36. The summed E-state index contributed by atoms with van der Waals surface area (Å²) in [5.74, 6) is 0.772. The molecule has 1 saturated heterocycles. The third-order valence-electron chi connectivity index (χ3n) is 5.61. The van der Waals surface area contributed by atoms with Crippen molar-refractivity contribution >= 4 is 15.9 Å². The van der Waals surface area contributed by atoms with Gasteiger partial charge in [-0.15, -0.1) is 0 Å². The molecule has 0 aliphatic carbocycles. The smallest absolute Gasteiger partial charge is 0.226 e. The maximum atomic E-state index is 13.0. The zero-order valence-corrected chi connectivity index (χ0v) is 17.3. The number of hydrogen-bond acceptors (Lipinski definition) is 4. The van der Waals surface area contributed by atoms with Crippen LogP contribution in [0.3, 0.4) is 0 Å². The second-order valence-corrected chi connectivity index (χ2v) is 9.57. The van der Waals surface area contributed by atoms with E-state index >= 15 is 0 Å². The van der Waals surface area contributed by atoms with E-state index in [1.165, 1.54) is 6.26 Å². The summed E-state index contributed by atoms with van der Waals surface area (Å²) in [6.45, 7) is 0.935. The highest BCUT2D eigenvalue weighted by molar-refractivity contribution is 7.88. The van der Waals surface area contributed by atoms with Crippen LogP contribution in [-0.4, -0.2) is 50.7 Å². The van der Waals surface area contributed by atoms with Gasteiger partial charge in [0.1, 0.15) is 5.75 Å². The molecule has 0 saturated carbocycles. The fourth-order valence-electron chi connectivity index (χ4n) is 4.36. The molecular weight excluding hydrogens is 388 g/mol. The van der Waals surface area contributed by atoms with Gasteiger partial charge in [0.15, 0.2) is 0 Å². The summed E-state index contributed by atoms with van der Waals surface area (Å²) >= 11 is 0. The average molecular weight is 415 g/mol. The molecule has 29 heavy (non-hydrogen) atoms. The highest BCUT2D eigenvalue weighted by atomic mass is 32.2. The Kier molecular flexibility index (Phi) is 5.61. The fourth-order valence-corrected chi connectivity index (χ4v) is 5.19. The number of rotatable bonds is 2. The molecule has 6 nitrogen and oxygen atoms in total. The Bertz CT molecular complexity index is 1010. The standard InChI is InChI=1S/C22H26N2O4S/c1-29(26,27)23-19-9-5-12-24-20(19)15-16-6-4-7-17(14-16)18-8-2-3-10-21(18)28-13-11-22(24)25/h2-4,6-8,10,14,19-20,23H,5,9,11-13,15H2,1H3. The van der Waals surface area contributed by atoms with Gasteiger partial charge in [-0.05, 0) is 36.5 Å². The van der Waals surface area contributed by atoms with Crippen molar-refractivity contribution in [1.82, 2.24) is 9.62 Å². The molecule has 2 bridgehead atoms. The molecule has 4 rings (SSSR count). The molecule has 7 heteroatoms. The predicted molar refractivity (Wildman–Crippen MR) is 112 cm³/mol. The van der Waals surface area contributed by atoms with Crippen molar-refractivity contribution in [3.8, 4) is 16.9 Å². The Balaban J connectivity index is 1.75. The zero-order chi connectivity index (χ0) is 20.4. The van der Waals surface area contributed by atoms with Crippen molar-refractivity contribution < 1.29 is 17.9 Å². The lowest BCUT2D eigenvalue weighted by atomic mass is 9.90. The van der Waals surface area contributed by atoms with E-state index in [1.54, 1.807) is 0 Å². The van der Waals surface area contributed by atoms with Gasteiger partial charge in [0.05, 0.1) is 25.3 Å². The van der Waals surface area contributed by atoms with Gasteiger partial charge in [-0.2, -0.15) is 0 Å². The number of fused-ring (bicyclic) bond motifs is 5. The molecule has 0 radical (unpaired) electrons. The minimum atomic E-state index is -3.36. The van der Waals surface area contributed by atoms with Gasteiger partial charge in [-0.1, -0.05) is 42.5 Å². The molecule has 2 aliphatic heterocycles. The number of amides is 1. The molecule has 154 valence electrons. The first-order valence-corrected chi connectivity index (χ1v) is 11.9. The maximum Gasteiger partial charge on any atom is 0.226 e. The largest absolute Gasteiger partial charge is 0.492 e. The average Bonchev–Trinajstić information content (AvgIpc) is 2.68. The molecule has 1 amide bonds. The van der Waals surface area contributed by atoms with E-state index in [9.17, 15) is 13.2 Å². The first-order valence-electron chi connectivity index (χ1n) is 9.98. The van der Waals surface area contributed by atoms with Crippen LogP contribution >= 0.6 is 0 Å². The number of ether oxygens (including phenoxy) is 1. The second-order valence-electron chi connectivity index (χ2n) is 7.79. The van der Waals surface area contributed by atoms with Gasteiger partial charge in [-0.25, -0.2) is 13.1 Å². The molecule has 1 N–H and O–H groups in total. The zero-order valence-electron chi connectivity index (χ0n) is 16.5. The predicted octanol–water partition coefficient (Wildman–Crippen LogP) is 2.59. The number of hydrogen-bond donors (Lipinski definition) is 1. The van der Waals surface area contributed by atoms with Crippen molar-refractivity contribution in [2.75, 3.05) is 19.4 Å². The highest BCUT2D eigenvalue weighted by Crippen LogP contribution is 2.32. The molecule has 1 fully saturated rings. The van der Waals surface area contributed by atoms with E-state index in [0.717, 1.165) is 35.3 Å². The Morgan fingerprint density at radius 1 is 1.14 bits per heavy atom. The van der Waals surface area contributed by atoms with Gasteiger partial charge < -0.3 is 9.64 Å². The van der Waals surface area contributed by atoms with Crippen molar-refractivity contribution in [2.24, 2.45) is 0 Å². The number of nitrogens with one attached hydrogen (secondary N) is 1. The second kappa shape index (κ2) is 8.16. The Morgan fingerprint density at radius 3 is 2.79 bits per heavy atom. The summed E-state index contributed by atoms with van der Waals surface area (Å²) < 4.78 is 32.5. The molecule has 2 aromatic rings. The van der Waals surface area contributed by atoms with Crippen LogP contribution in [0, 0.1) is 0 Å². The van der Waals surface area contributed by atoms with Crippen LogP contribution in [-0.2, 0) is 21.2 Å². The molecular formula is C22H26N2O4S. The van der Waals surface area contributed by atoms with Crippen molar-refractivity contribution in [3.05, 3.63) is 54.1 Å². The monoisotopic (exact) mass is 414 g/mol.